The molecule has 0 saturated heterocycles. The molecule has 7 heteroatoms. The normalized spacial score (nSPS) is 24.8. The highest BCUT2D eigenvalue weighted by Crippen LogP contribution is 2.57. The number of hydrogen-bond acceptors (Lipinski definition) is 1. The van der Waals surface area contributed by atoms with Gasteiger partial charge in [0.05, 0.1) is 6.61 Å². The largest absolute Gasteiger partial charge is 0.407 e. The number of hydrogen-bond donors (Lipinski definition) is 1. The smallest absolute Gasteiger partial charge is 0.396 e. The Morgan fingerprint density at radius 1 is 1.00 bits per heavy atom. The molecule has 0 aliphatic heterocycles. The van der Waals surface area contributed by atoms with Crippen molar-refractivity contribution in [2.24, 2.45) is 11.3 Å². The molecule has 16 heavy (non-hydrogen) atoms. The minimum absolute atomic E-state index is 0.0495. The number of rotatable bonds is 1. The SMILES string of the molecule is OCC1C=CC=CC1(C(F)(F)F)C(F)(F)F. The first-order valence-electron chi connectivity index (χ1n) is 4.27. The molecular formula is C9H8F6O. The van der Waals surface area contributed by atoms with E-state index in [2.05, 4.69) is 0 Å². The summed E-state index contributed by atoms with van der Waals surface area (Å²) in [5.74, 6) is -2.04. The molecule has 1 N–H and O–H groups in total. The van der Waals surface area contributed by atoms with E-state index in [1.807, 2.05) is 0 Å². The maximum absolute atomic E-state index is 12.6. The van der Waals surface area contributed by atoms with Crippen LogP contribution >= 0.6 is 0 Å². The van der Waals surface area contributed by atoms with Gasteiger partial charge in [0.15, 0.2) is 5.41 Å². The zero-order chi connectivity index (χ0) is 12.6. The van der Waals surface area contributed by atoms with Gasteiger partial charge in [0, 0.05) is 5.92 Å². The molecule has 0 spiro atoms. The van der Waals surface area contributed by atoms with Gasteiger partial charge >= 0.3 is 12.4 Å². The number of aliphatic hydroxyl groups excluding tert-OH is 1. The molecule has 92 valence electrons. The van der Waals surface area contributed by atoms with Gasteiger partial charge in [-0.3, -0.25) is 0 Å². The highest BCUT2D eigenvalue weighted by molar-refractivity contribution is 5.24. The van der Waals surface area contributed by atoms with Crippen LogP contribution in [0.25, 0.3) is 0 Å². The number of alkyl halides is 6. The molecule has 0 amide bonds. The van der Waals surface area contributed by atoms with Crippen molar-refractivity contribution in [3.63, 3.8) is 0 Å². The Balaban J connectivity index is 3.35. The van der Waals surface area contributed by atoms with E-state index < -0.39 is 30.3 Å². The Labute approximate surface area is 87.1 Å². The fourth-order valence-electron chi connectivity index (χ4n) is 1.66. The first kappa shape index (κ1) is 13.1. The van der Waals surface area contributed by atoms with E-state index in [0.29, 0.717) is 12.2 Å². The van der Waals surface area contributed by atoms with E-state index in [4.69, 9.17) is 5.11 Å². The van der Waals surface area contributed by atoms with Gasteiger partial charge in [0.1, 0.15) is 0 Å². The summed E-state index contributed by atoms with van der Waals surface area (Å²) in [6.07, 6.45) is -8.50. The van der Waals surface area contributed by atoms with Crippen LogP contribution in [0.15, 0.2) is 24.3 Å². The Morgan fingerprint density at radius 3 is 1.81 bits per heavy atom. The minimum atomic E-state index is -5.50. The molecule has 1 aliphatic carbocycles. The maximum Gasteiger partial charge on any atom is 0.407 e. The second kappa shape index (κ2) is 3.80. The van der Waals surface area contributed by atoms with Crippen molar-refractivity contribution >= 4 is 0 Å². The second-order valence-corrected chi connectivity index (χ2v) is 3.40. The van der Waals surface area contributed by atoms with Crippen molar-refractivity contribution in [3.8, 4) is 0 Å². The molecule has 0 aromatic heterocycles. The van der Waals surface area contributed by atoms with Crippen LogP contribution in [0.4, 0.5) is 26.3 Å². The van der Waals surface area contributed by atoms with E-state index in [-0.39, 0.29) is 6.08 Å². The molecule has 1 rings (SSSR count). The van der Waals surface area contributed by atoms with E-state index in [0.717, 1.165) is 6.08 Å². The van der Waals surface area contributed by atoms with Crippen LogP contribution in [0.3, 0.4) is 0 Å². The van der Waals surface area contributed by atoms with Gasteiger partial charge in [-0.15, -0.1) is 0 Å². The molecule has 1 atom stereocenters. The summed E-state index contributed by atoms with van der Waals surface area (Å²) in [6.45, 7) is -1.22. The summed E-state index contributed by atoms with van der Waals surface area (Å²) >= 11 is 0. The molecule has 0 aromatic carbocycles. The third-order valence-electron chi connectivity index (χ3n) is 2.53. The summed E-state index contributed by atoms with van der Waals surface area (Å²) in [6, 6.07) is 0. The van der Waals surface area contributed by atoms with Gasteiger partial charge < -0.3 is 5.11 Å². The van der Waals surface area contributed by atoms with Crippen molar-refractivity contribution in [2.45, 2.75) is 12.4 Å². The average molecular weight is 246 g/mol. The lowest BCUT2D eigenvalue weighted by molar-refractivity contribution is -0.336. The number of halogens is 6. The monoisotopic (exact) mass is 246 g/mol. The van der Waals surface area contributed by atoms with Crippen molar-refractivity contribution < 1.29 is 31.4 Å². The summed E-state index contributed by atoms with van der Waals surface area (Å²) in [5.41, 5.74) is -4.00. The fourth-order valence-corrected chi connectivity index (χ4v) is 1.66. The first-order valence-corrected chi connectivity index (χ1v) is 4.27. The molecule has 1 unspecified atom stereocenters. The van der Waals surface area contributed by atoms with Crippen LogP contribution in [0.1, 0.15) is 0 Å². The van der Waals surface area contributed by atoms with Gasteiger partial charge in [-0.2, -0.15) is 26.3 Å². The number of aliphatic hydroxyl groups is 1. The second-order valence-electron chi connectivity index (χ2n) is 3.40. The quantitative estimate of drug-likeness (QED) is 0.705. The first-order chi connectivity index (χ1) is 7.17. The van der Waals surface area contributed by atoms with Crippen LogP contribution < -0.4 is 0 Å². The van der Waals surface area contributed by atoms with E-state index >= 15 is 0 Å². The fraction of sp³-hybridized carbons (Fsp3) is 0.556. The highest BCUT2D eigenvalue weighted by atomic mass is 19.4. The van der Waals surface area contributed by atoms with Crippen LogP contribution in [-0.4, -0.2) is 24.1 Å². The maximum atomic E-state index is 12.6. The lowest BCUT2D eigenvalue weighted by Gasteiger charge is -2.40. The Bertz CT molecular complexity index is 297. The minimum Gasteiger partial charge on any atom is -0.396 e. The third kappa shape index (κ3) is 1.73. The zero-order valence-corrected chi connectivity index (χ0v) is 7.81. The highest BCUT2D eigenvalue weighted by Gasteiger charge is 2.72. The van der Waals surface area contributed by atoms with E-state index in [1.54, 1.807) is 0 Å². The Morgan fingerprint density at radius 2 is 1.50 bits per heavy atom. The average Bonchev–Trinajstić information content (AvgIpc) is 2.14. The molecule has 1 aliphatic rings. The molecule has 0 fully saturated rings. The van der Waals surface area contributed by atoms with E-state index in [1.165, 1.54) is 0 Å². The van der Waals surface area contributed by atoms with Gasteiger partial charge in [0.2, 0.25) is 0 Å². The van der Waals surface area contributed by atoms with Crippen molar-refractivity contribution in [2.75, 3.05) is 6.61 Å². The van der Waals surface area contributed by atoms with Crippen LogP contribution in [0, 0.1) is 11.3 Å². The predicted octanol–water partition coefficient (Wildman–Crippen LogP) is 2.83. The summed E-state index contributed by atoms with van der Waals surface area (Å²) in [7, 11) is 0. The van der Waals surface area contributed by atoms with Crippen molar-refractivity contribution in [3.05, 3.63) is 24.3 Å². The summed E-state index contributed by atoms with van der Waals surface area (Å²) in [4.78, 5) is 0. The lowest BCUT2D eigenvalue weighted by Crippen LogP contribution is -2.54. The number of allylic oxidation sites excluding steroid dienone is 3. The van der Waals surface area contributed by atoms with Gasteiger partial charge in [0.25, 0.3) is 0 Å². The zero-order valence-electron chi connectivity index (χ0n) is 7.81. The molecule has 0 radical (unpaired) electrons. The lowest BCUT2D eigenvalue weighted by atomic mass is 9.71. The summed E-state index contributed by atoms with van der Waals surface area (Å²) in [5, 5.41) is 8.67. The topological polar surface area (TPSA) is 20.2 Å². The van der Waals surface area contributed by atoms with Crippen LogP contribution in [0.5, 0.6) is 0 Å². The standard InChI is InChI=1S/C9H8F6O/c10-8(11,12)7(9(13,14)15)4-2-1-3-6(7)5-16/h1-4,6,16H,5H2. The Hall–Kier alpha value is -0.980. The van der Waals surface area contributed by atoms with Crippen LogP contribution in [-0.2, 0) is 0 Å². The molecule has 0 bridgehead atoms. The van der Waals surface area contributed by atoms with Crippen LogP contribution in [0.2, 0.25) is 0 Å². The predicted molar refractivity (Wildman–Crippen MR) is 43.4 cm³/mol. The summed E-state index contributed by atoms with van der Waals surface area (Å²) < 4.78 is 75.7. The van der Waals surface area contributed by atoms with Crippen molar-refractivity contribution in [1.82, 2.24) is 0 Å². The van der Waals surface area contributed by atoms with Gasteiger partial charge in [-0.05, 0) is 0 Å². The molecule has 0 aromatic rings. The van der Waals surface area contributed by atoms with Gasteiger partial charge in [-0.1, -0.05) is 24.3 Å². The molecule has 1 nitrogen and oxygen atoms in total. The molecule has 0 heterocycles. The van der Waals surface area contributed by atoms with E-state index in [9.17, 15) is 26.3 Å². The Kier molecular flexibility index (Phi) is 3.11. The molecule has 0 saturated carbocycles. The van der Waals surface area contributed by atoms with Crippen molar-refractivity contribution in [1.29, 1.82) is 0 Å². The third-order valence-corrected chi connectivity index (χ3v) is 2.53. The molecular weight excluding hydrogens is 238 g/mol. The van der Waals surface area contributed by atoms with Gasteiger partial charge in [-0.25, -0.2) is 0 Å².